The van der Waals surface area contributed by atoms with Gasteiger partial charge in [0, 0.05) is 12.7 Å². The summed E-state index contributed by atoms with van der Waals surface area (Å²) in [5.41, 5.74) is 4.20. The van der Waals surface area contributed by atoms with Crippen LogP contribution in [0, 0.1) is 6.92 Å². The van der Waals surface area contributed by atoms with Crippen LogP contribution in [0.15, 0.2) is 33.9 Å². The summed E-state index contributed by atoms with van der Waals surface area (Å²) >= 11 is 1.48. The number of amides is 1. The Labute approximate surface area is 121 Å². The van der Waals surface area contributed by atoms with Gasteiger partial charge in [-0.2, -0.15) is 0 Å². The van der Waals surface area contributed by atoms with Gasteiger partial charge in [0.2, 0.25) is 11.8 Å². The first-order chi connectivity index (χ1) is 9.60. The zero-order valence-electron chi connectivity index (χ0n) is 11.3. The monoisotopic (exact) mass is 292 g/mol. The Hall–Kier alpha value is -1.86. The molecular weight excluding hydrogens is 276 g/mol. The van der Waals surface area contributed by atoms with Gasteiger partial charge in [-0.25, -0.2) is 5.84 Å². The number of nitrogens with zero attached hydrogens (tertiary/aromatic N) is 2. The first kappa shape index (κ1) is 14.5. The van der Waals surface area contributed by atoms with Gasteiger partial charge in [0.25, 0.3) is 5.22 Å². The molecule has 1 aromatic carbocycles. The van der Waals surface area contributed by atoms with E-state index in [1.165, 1.54) is 11.8 Å². The molecule has 0 radical (unpaired) electrons. The molecule has 1 unspecified atom stereocenters. The highest BCUT2D eigenvalue weighted by atomic mass is 32.2. The molecule has 0 saturated carbocycles. The molecule has 2 rings (SSSR count). The van der Waals surface area contributed by atoms with Gasteiger partial charge in [-0.15, -0.1) is 10.2 Å². The number of thioether (sulfide) groups is 1. The molecule has 0 saturated heterocycles. The Morgan fingerprint density at radius 3 is 2.65 bits per heavy atom. The number of carbonyl (C=O) groups excluding carboxylic acids is 1. The number of aryl methyl sites for hydroxylation is 1. The first-order valence-electron chi connectivity index (χ1n) is 6.12. The van der Waals surface area contributed by atoms with Gasteiger partial charge in [0.15, 0.2) is 0 Å². The molecule has 20 heavy (non-hydrogen) atoms. The lowest BCUT2D eigenvalue weighted by Crippen LogP contribution is -2.33. The van der Waals surface area contributed by atoms with Gasteiger partial charge in [0.05, 0.1) is 5.92 Å². The number of carbonyl (C=O) groups is 1. The Morgan fingerprint density at radius 2 is 2.10 bits per heavy atom. The maximum Gasteiger partial charge on any atom is 0.276 e. The van der Waals surface area contributed by atoms with Crippen LogP contribution in [-0.4, -0.2) is 16.1 Å². The van der Waals surface area contributed by atoms with Crippen molar-refractivity contribution in [1.82, 2.24) is 15.6 Å². The van der Waals surface area contributed by atoms with Crippen molar-refractivity contribution in [3.05, 3.63) is 41.3 Å². The fourth-order valence-corrected chi connectivity index (χ4v) is 2.42. The van der Waals surface area contributed by atoms with Crippen LogP contribution in [0.5, 0.6) is 0 Å². The van der Waals surface area contributed by atoms with Crippen molar-refractivity contribution in [2.45, 2.75) is 30.7 Å². The number of hydrazine groups is 1. The van der Waals surface area contributed by atoms with E-state index >= 15 is 0 Å². The quantitative estimate of drug-likeness (QED) is 0.377. The molecule has 1 atom stereocenters. The zero-order valence-corrected chi connectivity index (χ0v) is 12.1. The smallest absolute Gasteiger partial charge is 0.276 e. The predicted molar refractivity (Wildman–Crippen MR) is 75.8 cm³/mol. The molecule has 0 aliphatic rings. The lowest BCUT2D eigenvalue weighted by atomic mass is 10.00. The fraction of sp³-hybridized carbons (Fsp3) is 0.308. The van der Waals surface area contributed by atoms with Crippen molar-refractivity contribution in [1.29, 1.82) is 0 Å². The molecule has 7 heteroatoms. The molecule has 0 fully saturated rings. The first-order valence-corrected chi connectivity index (χ1v) is 7.11. The third-order valence-corrected chi connectivity index (χ3v) is 3.77. The summed E-state index contributed by atoms with van der Waals surface area (Å²) in [5, 5.41) is 8.25. The second kappa shape index (κ2) is 6.53. The number of aromatic nitrogens is 2. The topological polar surface area (TPSA) is 94.0 Å². The van der Waals surface area contributed by atoms with Gasteiger partial charge in [-0.05, 0) is 18.1 Å². The van der Waals surface area contributed by atoms with E-state index in [4.69, 9.17) is 10.3 Å². The van der Waals surface area contributed by atoms with E-state index in [1.54, 1.807) is 6.92 Å². The van der Waals surface area contributed by atoms with Gasteiger partial charge in [0.1, 0.15) is 0 Å². The lowest BCUT2D eigenvalue weighted by Gasteiger charge is -2.10. The number of hydrogen-bond donors (Lipinski definition) is 2. The average Bonchev–Trinajstić information content (AvgIpc) is 2.89. The zero-order chi connectivity index (χ0) is 14.5. The molecule has 0 aliphatic carbocycles. The Bertz CT molecular complexity index is 582. The van der Waals surface area contributed by atoms with Crippen molar-refractivity contribution >= 4 is 17.7 Å². The molecule has 2 aromatic rings. The summed E-state index contributed by atoms with van der Waals surface area (Å²) in [6.07, 6.45) is 0. The number of nitrogens with one attached hydrogen (secondary N) is 1. The fourth-order valence-electron chi connectivity index (χ4n) is 1.66. The highest BCUT2D eigenvalue weighted by molar-refractivity contribution is 7.98. The molecule has 106 valence electrons. The van der Waals surface area contributed by atoms with Crippen LogP contribution in [0.1, 0.15) is 29.9 Å². The van der Waals surface area contributed by atoms with Crippen LogP contribution in [0.25, 0.3) is 0 Å². The van der Waals surface area contributed by atoms with E-state index in [0.29, 0.717) is 11.1 Å². The van der Waals surface area contributed by atoms with Crippen molar-refractivity contribution in [3.8, 4) is 0 Å². The van der Waals surface area contributed by atoms with Crippen LogP contribution in [-0.2, 0) is 10.5 Å². The summed E-state index contributed by atoms with van der Waals surface area (Å²) in [6.45, 7) is 3.57. The van der Waals surface area contributed by atoms with Crippen molar-refractivity contribution in [2.75, 3.05) is 0 Å². The largest absolute Gasteiger partial charge is 0.416 e. The summed E-state index contributed by atoms with van der Waals surface area (Å²) in [7, 11) is 0. The molecule has 1 amide bonds. The Morgan fingerprint density at radius 1 is 1.40 bits per heavy atom. The van der Waals surface area contributed by atoms with E-state index in [1.807, 2.05) is 31.2 Å². The van der Waals surface area contributed by atoms with Gasteiger partial charge in [-0.1, -0.05) is 36.0 Å². The van der Waals surface area contributed by atoms with E-state index in [-0.39, 0.29) is 11.8 Å². The molecule has 0 aliphatic heterocycles. The molecular formula is C13H16N4O2S. The summed E-state index contributed by atoms with van der Waals surface area (Å²) in [6, 6.07) is 7.81. The standard InChI is InChI=1S/C13H16N4O2S/c1-8(12(18)15-14)11-5-3-10(4-6-11)7-20-13-17-16-9(2)19-13/h3-6,8H,7,14H2,1-2H3,(H,15,18). The maximum atomic E-state index is 11.4. The van der Waals surface area contributed by atoms with E-state index < -0.39 is 0 Å². The number of hydrogen-bond acceptors (Lipinski definition) is 6. The molecule has 3 N–H and O–H groups in total. The van der Waals surface area contributed by atoms with Crippen molar-refractivity contribution < 1.29 is 9.21 Å². The van der Waals surface area contributed by atoms with Crippen LogP contribution in [0.4, 0.5) is 0 Å². The van der Waals surface area contributed by atoms with E-state index in [0.717, 1.165) is 16.9 Å². The molecule has 6 nitrogen and oxygen atoms in total. The SMILES string of the molecule is Cc1nnc(SCc2ccc(C(C)C(=O)NN)cc2)o1. The van der Waals surface area contributed by atoms with E-state index in [9.17, 15) is 4.79 Å². The Kier molecular flexibility index (Phi) is 4.75. The third-order valence-electron chi connectivity index (χ3n) is 2.89. The number of rotatable bonds is 5. The minimum absolute atomic E-state index is 0.200. The summed E-state index contributed by atoms with van der Waals surface area (Å²) < 4.78 is 5.29. The van der Waals surface area contributed by atoms with Crippen LogP contribution >= 0.6 is 11.8 Å². The van der Waals surface area contributed by atoms with Gasteiger partial charge < -0.3 is 4.42 Å². The van der Waals surface area contributed by atoms with E-state index in [2.05, 4.69) is 15.6 Å². The van der Waals surface area contributed by atoms with Crippen molar-refractivity contribution in [3.63, 3.8) is 0 Å². The minimum Gasteiger partial charge on any atom is -0.416 e. The highest BCUT2D eigenvalue weighted by Crippen LogP contribution is 2.23. The lowest BCUT2D eigenvalue weighted by molar-refractivity contribution is -0.122. The Balaban J connectivity index is 1.96. The van der Waals surface area contributed by atoms with Gasteiger partial charge >= 0.3 is 0 Å². The highest BCUT2D eigenvalue weighted by Gasteiger charge is 2.13. The second-order valence-electron chi connectivity index (χ2n) is 4.35. The number of nitrogens with two attached hydrogens (primary N) is 1. The molecule has 1 aromatic heterocycles. The van der Waals surface area contributed by atoms with Gasteiger partial charge in [-0.3, -0.25) is 10.2 Å². The van der Waals surface area contributed by atoms with Crippen LogP contribution < -0.4 is 11.3 Å². The van der Waals surface area contributed by atoms with Crippen LogP contribution in [0.3, 0.4) is 0 Å². The van der Waals surface area contributed by atoms with Crippen LogP contribution in [0.2, 0.25) is 0 Å². The number of benzene rings is 1. The van der Waals surface area contributed by atoms with Crippen molar-refractivity contribution in [2.24, 2.45) is 5.84 Å². The summed E-state index contributed by atoms with van der Waals surface area (Å²) in [4.78, 5) is 11.4. The maximum absolute atomic E-state index is 11.4. The minimum atomic E-state index is -0.264. The normalized spacial score (nSPS) is 12.2. The molecule has 0 spiro atoms. The third kappa shape index (κ3) is 3.58. The second-order valence-corrected chi connectivity index (χ2v) is 5.27. The average molecular weight is 292 g/mol. The summed E-state index contributed by atoms with van der Waals surface area (Å²) in [5.74, 6) is 5.96. The molecule has 1 heterocycles. The molecule has 0 bridgehead atoms. The predicted octanol–water partition coefficient (Wildman–Crippen LogP) is 1.76.